The predicted octanol–water partition coefficient (Wildman–Crippen LogP) is 4.37. The summed E-state index contributed by atoms with van der Waals surface area (Å²) in [5.41, 5.74) is 1.98. The van der Waals surface area contributed by atoms with E-state index in [-0.39, 0.29) is 12.4 Å². The Labute approximate surface area is 118 Å². The minimum Gasteiger partial charge on any atom is -0.392 e. The molecule has 1 nitrogen and oxygen atoms in total. The molecule has 0 bridgehead atoms. The second-order valence-electron chi connectivity index (χ2n) is 3.84. The number of aliphatic hydroxyl groups is 1. The lowest BCUT2D eigenvalue weighted by Crippen LogP contribution is -1.85. The van der Waals surface area contributed by atoms with Crippen molar-refractivity contribution in [2.75, 3.05) is 0 Å². The lowest BCUT2D eigenvalue weighted by atomic mass is 10.2. The number of rotatable bonds is 4. The normalized spacial score (nSPS) is 10.6. The monoisotopic (exact) mass is 326 g/mol. The van der Waals surface area contributed by atoms with Crippen LogP contribution in [0.15, 0.2) is 51.8 Å². The molecule has 2 aromatic carbocycles. The molecule has 0 aromatic heterocycles. The van der Waals surface area contributed by atoms with Crippen molar-refractivity contribution in [2.45, 2.75) is 17.3 Å². The van der Waals surface area contributed by atoms with Gasteiger partial charge in [0.05, 0.1) is 11.1 Å². The van der Waals surface area contributed by atoms with Crippen molar-refractivity contribution in [1.29, 1.82) is 0 Å². The molecule has 0 saturated carbocycles. The largest absolute Gasteiger partial charge is 0.392 e. The fourth-order valence-electron chi connectivity index (χ4n) is 1.49. The fraction of sp³-hybridized carbons (Fsp3) is 0.143. The van der Waals surface area contributed by atoms with Crippen LogP contribution in [0.2, 0.25) is 0 Å². The van der Waals surface area contributed by atoms with E-state index in [2.05, 4.69) is 15.9 Å². The van der Waals surface area contributed by atoms with Crippen LogP contribution in [-0.4, -0.2) is 5.11 Å². The van der Waals surface area contributed by atoms with Crippen LogP contribution in [0.1, 0.15) is 11.1 Å². The molecular weight excluding hydrogens is 315 g/mol. The minimum atomic E-state index is -0.240. The molecule has 2 aromatic rings. The van der Waals surface area contributed by atoms with Crippen molar-refractivity contribution in [2.24, 2.45) is 0 Å². The first-order valence-electron chi connectivity index (χ1n) is 5.45. The van der Waals surface area contributed by atoms with E-state index in [1.807, 2.05) is 24.3 Å². The molecule has 94 valence electrons. The van der Waals surface area contributed by atoms with E-state index in [1.165, 1.54) is 6.07 Å². The first-order chi connectivity index (χ1) is 8.69. The van der Waals surface area contributed by atoms with Crippen molar-refractivity contribution in [3.63, 3.8) is 0 Å². The Morgan fingerprint density at radius 2 is 1.72 bits per heavy atom. The summed E-state index contributed by atoms with van der Waals surface area (Å²) in [4.78, 5) is 1.13. The quantitative estimate of drug-likeness (QED) is 0.842. The Bertz CT molecular complexity index is 528. The Kier molecular flexibility index (Phi) is 4.80. The number of hydrogen-bond acceptors (Lipinski definition) is 2. The molecule has 0 unspecified atom stereocenters. The van der Waals surface area contributed by atoms with Crippen molar-refractivity contribution >= 4 is 27.7 Å². The predicted molar refractivity (Wildman–Crippen MR) is 76.0 cm³/mol. The van der Waals surface area contributed by atoms with Gasteiger partial charge in [-0.3, -0.25) is 0 Å². The summed E-state index contributed by atoms with van der Waals surface area (Å²) in [5.74, 6) is 0.549. The van der Waals surface area contributed by atoms with Gasteiger partial charge in [-0.2, -0.15) is 0 Å². The average molecular weight is 327 g/mol. The Hall–Kier alpha value is -0.840. The summed E-state index contributed by atoms with van der Waals surface area (Å²) in [7, 11) is 0. The van der Waals surface area contributed by atoms with Crippen molar-refractivity contribution in [1.82, 2.24) is 0 Å². The molecule has 0 aliphatic heterocycles. The SMILES string of the molecule is OCc1ccc(SCc2ccc(F)c(Br)c2)cc1. The van der Waals surface area contributed by atoms with Crippen molar-refractivity contribution < 1.29 is 9.50 Å². The first kappa shape index (κ1) is 13.6. The Balaban J connectivity index is 1.99. The summed E-state index contributed by atoms with van der Waals surface area (Å²) in [6.07, 6.45) is 0. The average Bonchev–Trinajstić information content (AvgIpc) is 2.41. The zero-order chi connectivity index (χ0) is 13.0. The van der Waals surface area contributed by atoms with Crippen molar-refractivity contribution in [3.05, 3.63) is 63.9 Å². The second-order valence-corrected chi connectivity index (χ2v) is 5.74. The summed E-state index contributed by atoms with van der Waals surface area (Å²) in [6.45, 7) is 0.0653. The summed E-state index contributed by atoms with van der Waals surface area (Å²) in [5, 5.41) is 8.95. The number of hydrogen-bond donors (Lipinski definition) is 1. The summed E-state index contributed by atoms with van der Waals surface area (Å²) in [6, 6.07) is 12.8. The van der Waals surface area contributed by atoms with Crippen LogP contribution < -0.4 is 0 Å². The van der Waals surface area contributed by atoms with Gasteiger partial charge in [0.15, 0.2) is 0 Å². The first-order valence-corrected chi connectivity index (χ1v) is 7.23. The Morgan fingerprint density at radius 1 is 1.06 bits per heavy atom. The number of halogens is 2. The second kappa shape index (κ2) is 6.36. The van der Waals surface area contributed by atoms with E-state index < -0.39 is 0 Å². The molecule has 1 N–H and O–H groups in total. The summed E-state index contributed by atoms with van der Waals surface area (Å²) < 4.78 is 13.6. The molecule has 0 fully saturated rings. The van der Waals surface area contributed by atoms with E-state index >= 15 is 0 Å². The van der Waals surface area contributed by atoms with Gasteiger partial charge in [-0.15, -0.1) is 11.8 Å². The fourth-order valence-corrected chi connectivity index (χ4v) is 2.75. The van der Waals surface area contributed by atoms with Crippen LogP contribution in [0, 0.1) is 5.82 Å². The number of aliphatic hydroxyl groups excluding tert-OH is 1. The zero-order valence-electron chi connectivity index (χ0n) is 9.57. The highest BCUT2D eigenvalue weighted by atomic mass is 79.9. The van der Waals surface area contributed by atoms with Gasteiger partial charge >= 0.3 is 0 Å². The highest BCUT2D eigenvalue weighted by molar-refractivity contribution is 9.10. The Morgan fingerprint density at radius 3 is 2.33 bits per heavy atom. The molecule has 0 aliphatic rings. The van der Waals surface area contributed by atoms with Gasteiger partial charge in [0.1, 0.15) is 5.82 Å². The smallest absolute Gasteiger partial charge is 0.137 e. The van der Waals surface area contributed by atoms with Gasteiger partial charge in [0.2, 0.25) is 0 Å². The number of thioether (sulfide) groups is 1. The maximum absolute atomic E-state index is 13.1. The van der Waals surface area contributed by atoms with Crippen LogP contribution in [0.4, 0.5) is 4.39 Å². The third-order valence-electron chi connectivity index (χ3n) is 2.50. The lowest BCUT2D eigenvalue weighted by Gasteiger charge is -2.04. The lowest BCUT2D eigenvalue weighted by molar-refractivity contribution is 0.282. The highest BCUT2D eigenvalue weighted by Gasteiger charge is 2.01. The van der Waals surface area contributed by atoms with Crippen LogP contribution in [0.25, 0.3) is 0 Å². The van der Waals surface area contributed by atoms with Gasteiger partial charge < -0.3 is 5.11 Å². The van der Waals surface area contributed by atoms with Crippen LogP contribution >= 0.6 is 27.7 Å². The molecule has 0 atom stereocenters. The van der Waals surface area contributed by atoms with Gasteiger partial charge in [0.25, 0.3) is 0 Å². The maximum Gasteiger partial charge on any atom is 0.137 e. The van der Waals surface area contributed by atoms with Crippen LogP contribution in [0.5, 0.6) is 0 Å². The van der Waals surface area contributed by atoms with Gasteiger partial charge in [-0.25, -0.2) is 4.39 Å². The molecule has 0 amide bonds. The maximum atomic E-state index is 13.1. The highest BCUT2D eigenvalue weighted by Crippen LogP contribution is 2.25. The molecule has 0 spiro atoms. The minimum absolute atomic E-state index is 0.0653. The van der Waals surface area contributed by atoms with Gasteiger partial charge in [-0.05, 0) is 51.3 Å². The van der Waals surface area contributed by atoms with E-state index in [4.69, 9.17) is 5.11 Å². The van der Waals surface area contributed by atoms with E-state index in [9.17, 15) is 4.39 Å². The molecular formula is C14H12BrFOS. The van der Waals surface area contributed by atoms with Crippen LogP contribution in [-0.2, 0) is 12.4 Å². The molecule has 4 heteroatoms. The molecule has 0 radical (unpaired) electrons. The summed E-state index contributed by atoms with van der Waals surface area (Å²) >= 11 is 4.86. The van der Waals surface area contributed by atoms with E-state index in [1.54, 1.807) is 23.9 Å². The molecule has 18 heavy (non-hydrogen) atoms. The van der Waals surface area contributed by atoms with E-state index in [0.717, 1.165) is 21.8 Å². The molecule has 0 aliphatic carbocycles. The molecule has 2 rings (SSSR count). The van der Waals surface area contributed by atoms with E-state index in [0.29, 0.717) is 4.47 Å². The third-order valence-corrected chi connectivity index (χ3v) is 4.19. The third kappa shape index (κ3) is 3.57. The molecule has 0 heterocycles. The standard InChI is InChI=1S/C14H12BrFOS/c15-13-7-11(3-6-14(13)16)9-18-12-4-1-10(8-17)2-5-12/h1-7,17H,8-9H2. The van der Waals surface area contributed by atoms with Gasteiger partial charge in [0, 0.05) is 10.6 Å². The van der Waals surface area contributed by atoms with Crippen LogP contribution in [0.3, 0.4) is 0 Å². The molecule has 0 saturated heterocycles. The zero-order valence-corrected chi connectivity index (χ0v) is 12.0. The number of benzene rings is 2. The van der Waals surface area contributed by atoms with Gasteiger partial charge in [-0.1, -0.05) is 18.2 Å². The van der Waals surface area contributed by atoms with Crippen molar-refractivity contribution in [3.8, 4) is 0 Å². The topological polar surface area (TPSA) is 20.2 Å².